The molecular weight excluding hydrogens is 256 g/mol. The van der Waals surface area contributed by atoms with Crippen LogP contribution in [-0.2, 0) is 0 Å². The van der Waals surface area contributed by atoms with Crippen molar-refractivity contribution >= 4 is 28.4 Å². The number of carbonyl (C=O) groups is 1. The first-order valence-corrected chi connectivity index (χ1v) is 5.97. The first kappa shape index (κ1) is 12.1. The average molecular weight is 268 g/mol. The van der Waals surface area contributed by atoms with Gasteiger partial charge in [-0.15, -0.1) is 0 Å². The van der Waals surface area contributed by atoms with E-state index in [1.807, 2.05) is 25.1 Å². The van der Waals surface area contributed by atoms with E-state index in [0.717, 1.165) is 22.3 Å². The van der Waals surface area contributed by atoms with Crippen molar-refractivity contribution in [3.8, 4) is 0 Å². The summed E-state index contributed by atoms with van der Waals surface area (Å²) >= 11 is 0. The Morgan fingerprint density at radius 2 is 2.05 bits per heavy atom. The molecule has 0 aliphatic carbocycles. The quantitative estimate of drug-likeness (QED) is 0.667. The van der Waals surface area contributed by atoms with Gasteiger partial charge < -0.3 is 11.1 Å². The summed E-state index contributed by atoms with van der Waals surface area (Å²) in [5, 5.41) is 11.2. The molecule has 0 saturated heterocycles. The van der Waals surface area contributed by atoms with Crippen LogP contribution in [0.5, 0.6) is 0 Å². The highest BCUT2D eigenvalue weighted by Gasteiger charge is 2.05. The van der Waals surface area contributed by atoms with E-state index in [-0.39, 0.29) is 5.56 Å². The van der Waals surface area contributed by atoms with Gasteiger partial charge in [0.2, 0.25) is 5.95 Å². The predicted octanol–water partition coefficient (Wildman–Crippen LogP) is 1.50. The third-order valence-corrected chi connectivity index (χ3v) is 2.94. The Bertz CT molecular complexity index is 777. The van der Waals surface area contributed by atoms with Crippen LogP contribution in [0.25, 0.3) is 10.9 Å². The first-order chi connectivity index (χ1) is 9.63. The Morgan fingerprint density at radius 3 is 2.75 bits per heavy atom. The lowest BCUT2D eigenvalue weighted by atomic mass is 10.2. The normalized spacial score (nSPS) is 10.7. The largest absolute Gasteiger partial charge is 0.366 e. The van der Waals surface area contributed by atoms with Crippen LogP contribution in [0.15, 0.2) is 30.6 Å². The maximum Gasteiger partial charge on any atom is 0.251 e. The third-order valence-electron chi connectivity index (χ3n) is 2.94. The fraction of sp³-hybridized carbons (Fsp3) is 0.0769. The van der Waals surface area contributed by atoms with Crippen LogP contribution in [-0.4, -0.2) is 26.1 Å². The van der Waals surface area contributed by atoms with Gasteiger partial charge in [0, 0.05) is 29.2 Å². The molecule has 7 nitrogen and oxygen atoms in total. The molecule has 0 fully saturated rings. The summed E-state index contributed by atoms with van der Waals surface area (Å²) in [6.07, 6.45) is 2.77. The second-order valence-electron chi connectivity index (χ2n) is 4.37. The SMILES string of the molecule is Cc1[nH]nc2cc(Nc3ncc(C(N)=O)cn3)ccc12. The van der Waals surface area contributed by atoms with E-state index < -0.39 is 5.91 Å². The number of rotatable bonds is 3. The molecule has 100 valence electrons. The van der Waals surface area contributed by atoms with Gasteiger partial charge >= 0.3 is 0 Å². The number of benzene rings is 1. The fourth-order valence-electron chi connectivity index (χ4n) is 1.87. The Hall–Kier alpha value is -2.96. The fourth-order valence-corrected chi connectivity index (χ4v) is 1.87. The molecule has 0 unspecified atom stereocenters. The topological polar surface area (TPSA) is 110 Å². The van der Waals surface area contributed by atoms with Crippen molar-refractivity contribution in [1.82, 2.24) is 20.2 Å². The van der Waals surface area contributed by atoms with E-state index in [4.69, 9.17) is 5.73 Å². The monoisotopic (exact) mass is 268 g/mol. The number of nitrogens with two attached hydrogens (primary N) is 1. The molecule has 2 heterocycles. The highest BCUT2D eigenvalue weighted by molar-refractivity contribution is 5.92. The number of primary amides is 1. The molecule has 4 N–H and O–H groups in total. The van der Waals surface area contributed by atoms with Gasteiger partial charge in [-0.05, 0) is 25.1 Å². The number of hydrogen-bond donors (Lipinski definition) is 3. The van der Waals surface area contributed by atoms with Crippen LogP contribution in [0.2, 0.25) is 0 Å². The third kappa shape index (κ3) is 2.16. The Labute approximate surface area is 114 Å². The molecule has 3 rings (SSSR count). The molecule has 0 saturated carbocycles. The Kier molecular flexibility index (Phi) is 2.79. The van der Waals surface area contributed by atoms with Gasteiger partial charge in [-0.1, -0.05) is 0 Å². The molecule has 7 heteroatoms. The average Bonchev–Trinajstić information content (AvgIpc) is 2.81. The van der Waals surface area contributed by atoms with Crippen molar-refractivity contribution in [1.29, 1.82) is 0 Å². The van der Waals surface area contributed by atoms with Crippen LogP contribution in [0.3, 0.4) is 0 Å². The second-order valence-corrected chi connectivity index (χ2v) is 4.37. The molecule has 0 bridgehead atoms. The number of amides is 1. The van der Waals surface area contributed by atoms with Crippen LogP contribution in [0.1, 0.15) is 16.1 Å². The molecule has 20 heavy (non-hydrogen) atoms. The number of aryl methyl sites for hydroxylation is 1. The zero-order valence-corrected chi connectivity index (χ0v) is 10.7. The van der Waals surface area contributed by atoms with E-state index in [9.17, 15) is 4.79 Å². The summed E-state index contributed by atoms with van der Waals surface area (Å²) in [6.45, 7) is 1.97. The second kappa shape index (κ2) is 4.61. The number of fused-ring (bicyclic) bond motifs is 1. The lowest BCUT2D eigenvalue weighted by Gasteiger charge is -2.04. The van der Waals surface area contributed by atoms with E-state index in [1.165, 1.54) is 12.4 Å². The Morgan fingerprint density at radius 1 is 1.30 bits per heavy atom. The molecule has 3 aromatic rings. The number of nitrogens with zero attached hydrogens (tertiary/aromatic N) is 3. The van der Waals surface area contributed by atoms with Crippen molar-refractivity contribution in [3.63, 3.8) is 0 Å². The number of aromatic nitrogens is 4. The smallest absolute Gasteiger partial charge is 0.251 e. The zero-order valence-electron chi connectivity index (χ0n) is 10.7. The number of anilines is 2. The van der Waals surface area contributed by atoms with Gasteiger partial charge in [-0.2, -0.15) is 5.10 Å². The maximum absolute atomic E-state index is 10.9. The number of aromatic amines is 1. The van der Waals surface area contributed by atoms with Crippen LogP contribution < -0.4 is 11.1 Å². The Balaban J connectivity index is 1.86. The van der Waals surface area contributed by atoms with Gasteiger partial charge in [0.15, 0.2) is 0 Å². The maximum atomic E-state index is 10.9. The van der Waals surface area contributed by atoms with Crippen molar-refractivity contribution in [2.75, 3.05) is 5.32 Å². The van der Waals surface area contributed by atoms with Gasteiger partial charge in [0.05, 0.1) is 11.1 Å². The lowest BCUT2D eigenvalue weighted by molar-refractivity contribution is 0.0999. The minimum absolute atomic E-state index is 0.272. The summed E-state index contributed by atoms with van der Waals surface area (Å²) in [5.74, 6) is -0.161. The number of hydrogen-bond acceptors (Lipinski definition) is 5. The van der Waals surface area contributed by atoms with E-state index in [0.29, 0.717) is 5.95 Å². The van der Waals surface area contributed by atoms with Crippen LogP contribution in [0, 0.1) is 6.92 Å². The highest BCUT2D eigenvalue weighted by atomic mass is 16.1. The van der Waals surface area contributed by atoms with E-state index in [1.54, 1.807) is 0 Å². The number of H-pyrrole nitrogens is 1. The number of nitrogens with one attached hydrogen (secondary N) is 2. The van der Waals surface area contributed by atoms with Gasteiger partial charge in [-0.25, -0.2) is 9.97 Å². The van der Waals surface area contributed by atoms with Crippen molar-refractivity contribution in [2.24, 2.45) is 5.73 Å². The van der Waals surface area contributed by atoms with Crippen LogP contribution >= 0.6 is 0 Å². The summed E-state index contributed by atoms with van der Waals surface area (Å²) in [4.78, 5) is 19.0. The lowest BCUT2D eigenvalue weighted by Crippen LogP contribution is -2.12. The van der Waals surface area contributed by atoms with Crippen molar-refractivity contribution in [3.05, 3.63) is 41.9 Å². The predicted molar refractivity (Wildman–Crippen MR) is 74.7 cm³/mol. The molecule has 1 aromatic carbocycles. The van der Waals surface area contributed by atoms with Gasteiger partial charge in [-0.3, -0.25) is 9.89 Å². The molecule has 0 spiro atoms. The minimum atomic E-state index is -0.551. The standard InChI is InChI=1S/C13H12N6O/c1-7-10-3-2-9(4-11(10)19-18-7)17-13-15-5-8(6-16-13)12(14)20/h2-6H,1H3,(H2,14,20)(H,18,19)(H,15,16,17). The summed E-state index contributed by atoms with van der Waals surface area (Å²) < 4.78 is 0. The zero-order chi connectivity index (χ0) is 14.1. The van der Waals surface area contributed by atoms with E-state index in [2.05, 4.69) is 25.5 Å². The first-order valence-electron chi connectivity index (χ1n) is 5.97. The molecule has 2 aromatic heterocycles. The summed E-state index contributed by atoms with van der Waals surface area (Å²) in [6, 6.07) is 5.77. The van der Waals surface area contributed by atoms with Gasteiger partial charge in [0.1, 0.15) is 0 Å². The van der Waals surface area contributed by atoms with E-state index >= 15 is 0 Å². The number of carbonyl (C=O) groups excluding carboxylic acids is 1. The molecule has 0 atom stereocenters. The molecule has 0 radical (unpaired) electrons. The minimum Gasteiger partial charge on any atom is -0.366 e. The van der Waals surface area contributed by atoms with Crippen molar-refractivity contribution < 1.29 is 4.79 Å². The molecular formula is C13H12N6O. The molecule has 0 aliphatic heterocycles. The van der Waals surface area contributed by atoms with Crippen LogP contribution in [0.4, 0.5) is 11.6 Å². The molecule has 1 amide bonds. The highest BCUT2D eigenvalue weighted by Crippen LogP contribution is 2.21. The summed E-state index contributed by atoms with van der Waals surface area (Å²) in [5.41, 5.74) is 8.10. The molecule has 0 aliphatic rings. The van der Waals surface area contributed by atoms with Crippen molar-refractivity contribution in [2.45, 2.75) is 6.92 Å². The summed E-state index contributed by atoms with van der Waals surface area (Å²) in [7, 11) is 0. The van der Waals surface area contributed by atoms with Gasteiger partial charge in [0.25, 0.3) is 5.91 Å².